The maximum atomic E-state index is 11.8. The van der Waals surface area contributed by atoms with Crippen molar-refractivity contribution < 1.29 is 9.53 Å². The molecule has 0 bridgehead atoms. The Labute approximate surface area is 114 Å². The Morgan fingerprint density at radius 2 is 2.37 bits per heavy atom. The summed E-state index contributed by atoms with van der Waals surface area (Å²) in [5.41, 5.74) is 0.961. The first-order valence-electron chi connectivity index (χ1n) is 6.83. The number of hydrogen-bond acceptors (Lipinski definition) is 3. The summed E-state index contributed by atoms with van der Waals surface area (Å²) in [6, 6.07) is 1.82. The van der Waals surface area contributed by atoms with E-state index in [4.69, 9.17) is 4.74 Å². The number of rotatable bonds is 4. The molecule has 5 nitrogen and oxygen atoms in total. The number of amides is 1. The second-order valence-electron chi connectivity index (χ2n) is 6.27. The van der Waals surface area contributed by atoms with E-state index in [0.717, 1.165) is 18.7 Å². The number of aromatic amines is 1. The first kappa shape index (κ1) is 14.1. The molecule has 0 spiro atoms. The first-order chi connectivity index (χ1) is 8.97. The average molecular weight is 265 g/mol. The van der Waals surface area contributed by atoms with Gasteiger partial charge in [0.1, 0.15) is 0 Å². The number of aromatic nitrogens is 2. The van der Waals surface area contributed by atoms with Crippen LogP contribution in [0.25, 0.3) is 0 Å². The van der Waals surface area contributed by atoms with Crippen molar-refractivity contribution in [1.29, 1.82) is 0 Å². The minimum atomic E-state index is 0.0313. The Morgan fingerprint density at radius 1 is 1.58 bits per heavy atom. The van der Waals surface area contributed by atoms with Crippen molar-refractivity contribution in [2.45, 2.75) is 39.7 Å². The molecule has 0 aliphatic carbocycles. The van der Waals surface area contributed by atoms with Crippen LogP contribution in [-0.2, 0) is 16.0 Å². The maximum absolute atomic E-state index is 11.8. The number of H-pyrrole nitrogens is 1. The molecule has 1 amide bonds. The molecule has 0 radical (unpaired) electrons. The molecular formula is C14H23N3O2. The van der Waals surface area contributed by atoms with Crippen LogP contribution in [0.5, 0.6) is 0 Å². The van der Waals surface area contributed by atoms with Crippen LogP contribution in [0, 0.1) is 11.3 Å². The summed E-state index contributed by atoms with van der Waals surface area (Å²) in [5, 5.41) is 9.62. The first-order valence-corrected chi connectivity index (χ1v) is 6.83. The normalized spacial score (nSPS) is 23.5. The topological polar surface area (TPSA) is 67.0 Å². The molecule has 19 heavy (non-hydrogen) atoms. The van der Waals surface area contributed by atoms with Crippen molar-refractivity contribution in [1.82, 2.24) is 15.5 Å². The second-order valence-corrected chi connectivity index (χ2v) is 6.27. The molecule has 1 aliphatic heterocycles. The lowest BCUT2D eigenvalue weighted by atomic mass is 9.81. The quantitative estimate of drug-likeness (QED) is 0.867. The third kappa shape index (κ3) is 3.80. The van der Waals surface area contributed by atoms with E-state index in [0.29, 0.717) is 18.9 Å². The van der Waals surface area contributed by atoms with Gasteiger partial charge in [-0.25, -0.2) is 0 Å². The number of carbonyl (C=O) groups is 1. The molecule has 0 saturated carbocycles. The molecule has 1 aromatic rings. The van der Waals surface area contributed by atoms with Crippen LogP contribution in [0.4, 0.5) is 0 Å². The molecular weight excluding hydrogens is 242 g/mol. The molecule has 2 atom stereocenters. The zero-order valence-electron chi connectivity index (χ0n) is 11.9. The van der Waals surface area contributed by atoms with E-state index < -0.39 is 0 Å². The van der Waals surface area contributed by atoms with E-state index in [9.17, 15) is 4.79 Å². The fourth-order valence-corrected chi connectivity index (χ4v) is 2.66. The highest BCUT2D eigenvalue weighted by molar-refractivity contribution is 5.78. The van der Waals surface area contributed by atoms with Gasteiger partial charge in [-0.3, -0.25) is 9.89 Å². The summed E-state index contributed by atoms with van der Waals surface area (Å²) in [5.74, 6) is 0.439. The van der Waals surface area contributed by atoms with Crippen LogP contribution in [0.2, 0.25) is 0 Å². The highest BCUT2D eigenvalue weighted by Crippen LogP contribution is 2.34. The van der Waals surface area contributed by atoms with Gasteiger partial charge in [-0.1, -0.05) is 20.8 Å². The van der Waals surface area contributed by atoms with Gasteiger partial charge in [0.15, 0.2) is 0 Å². The van der Waals surface area contributed by atoms with E-state index in [2.05, 4.69) is 36.3 Å². The monoisotopic (exact) mass is 265 g/mol. The van der Waals surface area contributed by atoms with Crippen LogP contribution < -0.4 is 5.32 Å². The molecule has 1 fully saturated rings. The predicted octanol–water partition coefficient (Wildman–Crippen LogP) is 1.52. The molecule has 1 aromatic heterocycles. The van der Waals surface area contributed by atoms with Gasteiger partial charge in [0, 0.05) is 31.0 Å². The average Bonchev–Trinajstić information content (AvgIpc) is 2.95. The lowest BCUT2D eigenvalue weighted by Gasteiger charge is -2.31. The van der Waals surface area contributed by atoms with Crippen molar-refractivity contribution in [2.24, 2.45) is 11.3 Å². The minimum absolute atomic E-state index is 0.0313. The summed E-state index contributed by atoms with van der Waals surface area (Å²) in [6.45, 7) is 8.03. The molecule has 2 N–H and O–H groups in total. The van der Waals surface area contributed by atoms with Crippen molar-refractivity contribution in [2.75, 3.05) is 13.2 Å². The van der Waals surface area contributed by atoms with Crippen LogP contribution >= 0.6 is 0 Å². The minimum Gasteiger partial charge on any atom is -0.377 e. The van der Waals surface area contributed by atoms with Gasteiger partial charge in [0.2, 0.25) is 5.91 Å². The lowest BCUT2D eigenvalue weighted by Crippen LogP contribution is -2.39. The van der Waals surface area contributed by atoms with E-state index in [1.807, 2.05) is 6.07 Å². The summed E-state index contributed by atoms with van der Waals surface area (Å²) in [7, 11) is 0. The van der Waals surface area contributed by atoms with Gasteiger partial charge >= 0.3 is 0 Å². The lowest BCUT2D eigenvalue weighted by molar-refractivity contribution is -0.120. The zero-order chi connectivity index (χ0) is 13.9. The standard InChI is InChI=1S/C14H23N3O2/c1-14(2,3)13-10(5-7-19-13)9-15-12(18)8-11-4-6-16-17-11/h4,6,10,13H,5,7-9H2,1-3H3,(H,15,18)(H,16,17)/t10-,13+/m1/s1. The van der Waals surface area contributed by atoms with Gasteiger partial charge in [-0.15, -0.1) is 0 Å². The number of ether oxygens (including phenoxy) is 1. The van der Waals surface area contributed by atoms with Crippen LogP contribution in [-0.4, -0.2) is 35.4 Å². The third-order valence-corrected chi connectivity index (χ3v) is 3.54. The van der Waals surface area contributed by atoms with Gasteiger partial charge < -0.3 is 10.1 Å². The predicted molar refractivity (Wildman–Crippen MR) is 72.6 cm³/mol. The molecule has 1 aliphatic rings. The van der Waals surface area contributed by atoms with E-state index in [-0.39, 0.29) is 17.4 Å². The highest BCUT2D eigenvalue weighted by Gasteiger charge is 2.37. The SMILES string of the molecule is CC(C)(C)[C@H]1OCC[C@@H]1CNC(=O)Cc1ccn[nH]1. The second kappa shape index (κ2) is 5.74. The fourth-order valence-electron chi connectivity index (χ4n) is 2.66. The Kier molecular flexibility index (Phi) is 4.24. The Bertz CT molecular complexity index is 409. The number of nitrogens with one attached hydrogen (secondary N) is 2. The largest absolute Gasteiger partial charge is 0.377 e. The summed E-state index contributed by atoms with van der Waals surface area (Å²) in [4.78, 5) is 11.8. The molecule has 0 unspecified atom stereocenters. The highest BCUT2D eigenvalue weighted by atomic mass is 16.5. The smallest absolute Gasteiger partial charge is 0.226 e. The van der Waals surface area contributed by atoms with E-state index >= 15 is 0 Å². The molecule has 0 aromatic carbocycles. The van der Waals surface area contributed by atoms with Crippen LogP contribution in [0.3, 0.4) is 0 Å². The number of carbonyl (C=O) groups excluding carboxylic acids is 1. The summed E-state index contributed by atoms with van der Waals surface area (Å²) >= 11 is 0. The van der Waals surface area contributed by atoms with Gasteiger partial charge in [0.05, 0.1) is 12.5 Å². The Balaban J connectivity index is 1.80. The zero-order valence-corrected chi connectivity index (χ0v) is 11.9. The molecule has 2 rings (SSSR count). The van der Waals surface area contributed by atoms with Crippen LogP contribution in [0.15, 0.2) is 12.3 Å². The van der Waals surface area contributed by atoms with E-state index in [1.54, 1.807) is 6.20 Å². The summed E-state index contributed by atoms with van der Waals surface area (Å²) in [6.07, 6.45) is 3.25. The Hall–Kier alpha value is -1.36. The maximum Gasteiger partial charge on any atom is 0.226 e. The summed E-state index contributed by atoms with van der Waals surface area (Å²) < 4.78 is 5.80. The van der Waals surface area contributed by atoms with E-state index in [1.165, 1.54) is 0 Å². The van der Waals surface area contributed by atoms with Crippen molar-refractivity contribution in [3.8, 4) is 0 Å². The van der Waals surface area contributed by atoms with Crippen molar-refractivity contribution >= 4 is 5.91 Å². The third-order valence-electron chi connectivity index (χ3n) is 3.54. The molecule has 2 heterocycles. The van der Waals surface area contributed by atoms with Crippen molar-refractivity contribution in [3.05, 3.63) is 18.0 Å². The fraction of sp³-hybridized carbons (Fsp3) is 0.714. The molecule has 1 saturated heterocycles. The van der Waals surface area contributed by atoms with Gasteiger partial charge in [-0.2, -0.15) is 5.10 Å². The number of hydrogen-bond donors (Lipinski definition) is 2. The van der Waals surface area contributed by atoms with Gasteiger partial charge in [0.25, 0.3) is 0 Å². The Morgan fingerprint density at radius 3 is 3.00 bits per heavy atom. The van der Waals surface area contributed by atoms with Gasteiger partial charge in [-0.05, 0) is 17.9 Å². The van der Waals surface area contributed by atoms with Crippen LogP contribution in [0.1, 0.15) is 32.9 Å². The number of nitrogens with zero attached hydrogens (tertiary/aromatic N) is 1. The molecule has 5 heteroatoms. The molecule has 106 valence electrons. The van der Waals surface area contributed by atoms with Crippen molar-refractivity contribution in [3.63, 3.8) is 0 Å².